The number of aliphatic carboxylic acids is 1. The summed E-state index contributed by atoms with van der Waals surface area (Å²) in [7, 11) is 0. The van der Waals surface area contributed by atoms with Gasteiger partial charge in [0.2, 0.25) is 0 Å². The van der Waals surface area contributed by atoms with Gasteiger partial charge in [-0.25, -0.2) is 13.6 Å². The number of ether oxygens (including phenoxy) is 1. The Bertz CT molecular complexity index is 942. The zero-order valence-corrected chi connectivity index (χ0v) is 16.0. The number of nitrogens with zero attached hydrogens (tertiary/aromatic N) is 2. The molecule has 1 heterocycles. The lowest BCUT2D eigenvalue weighted by atomic mass is 9.77. The molecular weight excluding hydrogens is 366 g/mol. The molecule has 1 aromatic carbocycles. The summed E-state index contributed by atoms with van der Waals surface area (Å²) in [6.07, 6.45) is 0.818. The van der Waals surface area contributed by atoms with Gasteiger partial charge in [0.1, 0.15) is 17.2 Å². The van der Waals surface area contributed by atoms with Gasteiger partial charge in [-0.2, -0.15) is 5.10 Å². The van der Waals surface area contributed by atoms with Crippen molar-refractivity contribution in [3.8, 4) is 11.3 Å². The standard InChI is InChI=1S/C21H22F2N2O3/c1-4-16(19(26)27)28-21-9-8-12(20(21,2)3)11-10-15(24-25-18(11)21)17-13(22)6-5-7-14(17)23/h5-7,10,12,16H,4,8-9H2,1-3H3,(H,26,27)/t12-,16-,21-/m1/s1. The number of fused-ring (bicyclic) bond motifs is 5. The molecule has 5 nitrogen and oxygen atoms in total. The summed E-state index contributed by atoms with van der Waals surface area (Å²) < 4.78 is 34.6. The van der Waals surface area contributed by atoms with E-state index >= 15 is 0 Å². The number of aromatic nitrogens is 2. The monoisotopic (exact) mass is 388 g/mol. The minimum Gasteiger partial charge on any atom is -0.479 e. The molecule has 7 heteroatoms. The van der Waals surface area contributed by atoms with E-state index in [2.05, 4.69) is 10.2 Å². The van der Waals surface area contributed by atoms with E-state index in [0.29, 0.717) is 18.5 Å². The van der Waals surface area contributed by atoms with Gasteiger partial charge >= 0.3 is 5.97 Å². The highest BCUT2D eigenvalue weighted by molar-refractivity contribution is 5.72. The minimum atomic E-state index is -1.01. The lowest BCUT2D eigenvalue weighted by molar-refractivity contribution is -0.181. The van der Waals surface area contributed by atoms with Crippen LogP contribution in [0.5, 0.6) is 0 Å². The second kappa shape index (κ2) is 6.30. The van der Waals surface area contributed by atoms with Crippen molar-refractivity contribution in [3.05, 3.63) is 47.2 Å². The Morgan fingerprint density at radius 2 is 2.00 bits per heavy atom. The third-order valence-electron chi connectivity index (χ3n) is 6.49. The molecule has 3 atom stereocenters. The van der Waals surface area contributed by atoms with Crippen LogP contribution in [0.2, 0.25) is 0 Å². The molecule has 1 fully saturated rings. The molecule has 0 aliphatic heterocycles. The summed E-state index contributed by atoms with van der Waals surface area (Å²) in [5, 5.41) is 17.9. The predicted octanol–water partition coefficient (Wildman–Crippen LogP) is 4.41. The number of carbonyl (C=O) groups is 1. The fourth-order valence-corrected chi connectivity index (χ4v) is 4.95. The lowest BCUT2D eigenvalue weighted by Crippen LogP contribution is -2.43. The topological polar surface area (TPSA) is 72.3 Å². The highest BCUT2D eigenvalue weighted by Gasteiger charge is 2.65. The highest BCUT2D eigenvalue weighted by Crippen LogP contribution is 2.68. The van der Waals surface area contributed by atoms with E-state index in [1.54, 1.807) is 13.0 Å². The van der Waals surface area contributed by atoms with Crippen LogP contribution >= 0.6 is 0 Å². The third-order valence-corrected chi connectivity index (χ3v) is 6.49. The first-order valence-electron chi connectivity index (χ1n) is 9.46. The Morgan fingerprint density at radius 1 is 1.32 bits per heavy atom. The number of hydrogen-bond donors (Lipinski definition) is 1. The third kappa shape index (κ3) is 2.42. The summed E-state index contributed by atoms with van der Waals surface area (Å²) in [4.78, 5) is 11.6. The molecule has 4 rings (SSSR count). The Labute approximate surface area is 161 Å². The molecule has 0 amide bonds. The van der Waals surface area contributed by atoms with Crippen LogP contribution in [0.15, 0.2) is 24.3 Å². The van der Waals surface area contributed by atoms with E-state index in [0.717, 1.165) is 12.0 Å². The summed E-state index contributed by atoms with van der Waals surface area (Å²) in [5.41, 5.74) is 0.0894. The highest BCUT2D eigenvalue weighted by atomic mass is 19.1. The van der Waals surface area contributed by atoms with Crippen molar-refractivity contribution in [2.24, 2.45) is 5.41 Å². The van der Waals surface area contributed by atoms with Crippen LogP contribution in [-0.4, -0.2) is 27.4 Å². The number of rotatable bonds is 5. The maximum atomic E-state index is 14.2. The molecule has 2 bridgehead atoms. The van der Waals surface area contributed by atoms with Crippen LogP contribution in [-0.2, 0) is 15.1 Å². The average Bonchev–Trinajstić information content (AvgIpc) is 3.00. The van der Waals surface area contributed by atoms with Gasteiger partial charge < -0.3 is 9.84 Å². The van der Waals surface area contributed by atoms with Crippen LogP contribution in [0.4, 0.5) is 8.78 Å². The molecule has 1 aromatic heterocycles. The zero-order chi connectivity index (χ0) is 20.3. The molecular formula is C21H22F2N2O3. The van der Waals surface area contributed by atoms with Crippen LogP contribution in [0, 0.1) is 17.0 Å². The first kappa shape index (κ1) is 18.9. The van der Waals surface area contributed by atoms with E-state index in [4.69, 9.17) is 4.74 Å². The fourth-order valence-electron chi connectivity index (χ4n) is 4.95. The van der Waals surface area contributed by atoms with Crippen molar-refractivity contribution in [2.75, 3.05) is 0 Å². The molecule has 2 aliphatic rings. The van der Waals surface area contributed by atoms with E-state index in [9.17, 15) is 18.7 Å². The van der Waals surface area contributed by atoms with Gasteiger partial charge in [0, 0.05) is 5.41 Å². The van der Waals surface area contributed by atoms with Gasteiger partial charge in [-0.05, 0) is 48.9 Å². The molecule has 0 radical (unpaired) electrons. The Hall–Kier alpha value is -2.41. The largest absolute Gasteiger partial charge is 0.479 e. The van der Waals surface area contributed by atoms with Crippen LogP contribution in [0.25, 0.3) is 11.3 Å². The number of benzene rings is 1. The van der Waals surface area contributed by atoms with E-state index in [1.807, 2.05) is 13.8 Å². The van der Waals surface area contributed by atoms with Crippen molar-refractivity contribution >= 4 is 5.97 Å². The first-order chi connectivity index (χ1) is 13.2. The molecule has 0 unspecified atom stereocenters. The van der Waals surface area contributed by atoms with Crippen LogP contribution in [0.3, 0.4) is 0 Å². The van der Waals surface area contributed by atoms with Crippen molar-refractivity contribution < 1.29 is 23.4 Å². The van der Waals surface area contributed by atoms with Crippen molar-refractivity contribution in [3.63, 3.8) is 0 Å². The van der Waals surface area contributed by atoms with Gasteiger partial charge in [0.05, 0.1) is 17.0 Å². The van der Waals surface area contributed by atoms with Gasteiger partial charge in [-0.1, -0.05) is 26.8 Å². The molecule has 1 saturated carbocycles. The Kier molecular flexibility index (Phi) is 4.26. The number of carboxylic acids is 1. The van der Waals surface area contributed by atoms with Crippen LogP contribution in [0.1, 0.15) is 57.2 Å². The van der Waals surface area contributed by atoms with Gasteiger partial charge in [0.15, 0.2) is 6.10 Å². The van der Waals surface area contributed by atoms with Gasteiger partial charge in [0.25, 0.3) is 0 Å². The number of halogens is 2. The molecule has 0 saturated heterocycles. The van der Waals surface area contributed by atoms with Crippen LogP contribution < -0.4 is 0 Å². The predicted molar refractivity (Wildman–Crippen MR) is 97.6 cm³/mol. The maximum absolute atomic E-state index is 14.2. The Balaban J connectivity index is 1.84. The number of carboxylic acid groups (broad SMARTS) is 1. The quantitative estimate of drug-likeness (QED) is 0.821. The van der Waals surface area contributed by atoms with E-state index < -0.39 is 34.7 Å². The maximum Gasteiger partial charge on any atom is 0.332 e. The minimum absolute atomic E-state index is 0.0536. The normalized spacial score (nSPS) is 25.5. The average molecular weight is 388 g/mol. The zero-order valence-electron chi connectivity index (χ0n) is 16.0. The van der Waals surface area contributed by atoms with Gasteiger partial charge in [-0.15, -0.1) is 5.10 Å². The molecule has 148 valence electrons. The second-order valence-corrected chi connectivity index (χ2v) is 8.12. The lowest BCUT2D eigenvalue weighted by Gasteiger charge is -2.39. The molecule has 0 spiro atoms. The van der Waals surface area contributed by atoms with Crippen molar-refractivity contribution in [1.82, 2.24) is 10.2 Å². The number of hydrogen-bond acceptors (Lipinski definition) is 4. The summed E-state index contributed by atoms with van der Waals surface area (Å²) in [6.45, 7) is 5.83. The van der Waals surface area contributed by atoms with Crippen molar-refractivity contribution in [1.29, 1.82) is 0 Å². The second-order valence-electron chi connectivity index (χ2n) is 8.12. The first-order valence-corrected chi connectivity index (χ1v) is 9.46. The summed E-state index contributed by atoms with van der Waals surface area (Å²) >= 11 is 0. The van der Waals surface area contributed by atoms with E-state index in [-0.39, 0.29) is 17.2 Å². The van der Waals surface area contributed by atoms with Crippen molar-refractivity contribution in [2.45, 2.75) is 57.7 Å². The smallest absolute Gasteiger partial charge is 0.332 e. The summed E-state index contributed by atoms with van der Waals surface area (Å²) in [5.74, 6) is -2.35. The molecule has 2 aromatic rings. The SMILES string of the molecule is CC[C@@H](O[C@]12CC[C@H](c3cc(-c4c(F)cccc4F)nnc31)C2(C)C)C(=O)O. The fraction of sp³-hybridized carbons (Fsp3) is 0.476. The van der Waals surface area contributed by atoms with E-state index in [1.165, 1.54) is 18.2 Å². The summed E-state index contributed by atoms with van der Waals surface area (Å²) in [6, 6.07) is 5.36. The molecule has 28 heavy (non-hydrogen) atoms. The molecule has 1 N–H and O–H groups in total. The Morgan fingerprint density at radius 3 is 2.61 bits per heavy atom. The molecule has 2 aliphatic carbocycles. The van der Waals surface area contributed by atoms with Gasteiger partial charge in [-0.3, -0.25) is 0 Å².